The van der Waals surface area contributed by atoms with Crippen LogP contribution < -0.4 is 5.73 Å². The number of nitrogens with two attached hydrogens (primary N) is 1. The lowest BCUT2D eigenvalue weighted by Gasteiger charge is -2.33. The molecule has 2 rings (SSSR count). The average molecular weight is 246 g/mol. The highest BCUT2D eigenvalue weighted by Crippen LogP contribution is 2.32. The fourth-order valence-corrected chi connectivity index (χ4v) is 3.46. The summed E-state index contributed by atoms with van der Waals surface area (Å²) < 4.78 is 0. The van der Waals surface area contributed by atoms with E-state index in [0.717, 1.165) is 0 Å². The zero-order valence-electron chi connectivity index (χ0n) is 12.2. The molecular formula is C16H26N2. The van der Waals surface area contributed by atoms with Crippen molar-refractivity contribution >= 4 is 0 Å². The lowest BCUT2D eigenvalue weighted by molar-refractivity contribution is 0.218. The van der Waals surface area contributed by atoms with Gasteiger partial charge >= 0.3 is 0 Å². The summed E-state index contributed by atoms with van der Waals surface area (Å²) in [6.07, 6.45) is 2.63. The van der Waals surface area contributed by atoms with Crippen LogP contribution in [-0.4, -0.2) is 24.0 Å². The normalized spacial score (nSPS) is 20.1. The Labute approximate surface area is 111 Å². The van der Waals surface area contributed by atoms with Gasteiger partial charge in [-0.25, -0.2) is 0 Å². The third-order valence-corrected chi connectivity index (χ3v) is 4.07. The first kappa shape index (κ1) is 13.6. The van der Waals surface area contributed by atoms with E-state index in [1.54, 1.807) is 0 Å². The van der Waals surface area contributed by atoms with Gasteiger partial charge in [0.05, 0.1) is 6.04 Å². The largest absolute Gasteiger partial charge is 0.326 e. The molecule has 2 heteroatoms. The topological polar surface area (TPSA) is 29.3 Å². The summed E-state index contributed by atoms with van der Waals surface area (Å²) in [5.74, 6) is 0. The van der Waals surface area contributed by atoms with Crippen LogP contribution in [0.4, 0.5) is 0 Å². The fraction of sp³-hybridized carbons (Fsp3) is 0.625. The first-order valence-electron chi connectivity index (χ1n) is 7.08. The Morgan fingerprint density at radius 2 is 1.56 bits per heavy atom. The molecule has 1 fully saturated rings. The summed E-state index contributed by atoms with van der Waals surface area (Å²) >= 11 is 0. The molecule has 1 aromatic rings. The molecule has 2 N–H and O–H groups in total. The van der Waals surface area contributed by atoms with Crippen molar-refractivity contribution in [3.8, 4) is 0 Å². The Morgan fingerprint density at radius 1 is 1.06 bits per heavy atom. The van der Waals surface area contributed by atoms with Crippen molar-refractivity contribution in [3.63, 3.8) is 0 Å². The Morgan fingerprint density at radius 3 is 2.00 bits per heavy atom. The minimum Gasteiger partial charge on any atom is -0.326 e. The molecule has 2 atom stereocenters. The fourth-order valence-electron chi connectivity index (χ4n) is 3.46. The molecule has 0 spiro atoms. The molecule has 0 saturated carbocycles. The van der Waals surface area contributed by atoms with Crippen molar-refractivity contribution in [2.75, 3.05) is 13.1 Å². The molecular weight excluding hydrogens is 220 g/mol. The van der Waals surface area contributed by atoms with Crippen LogP contribution in [0.3, 0.4) is 0 Å². The van der Waals surface area contributed by atoms with Crippen LogP contribution in [0.15, 0.2) is 12.1 Å². The van der Waals surface area contributed by atoms with Gasteiger partial charge < -0.3 is 5.73 Å². The van der Waals surface area contributed by atoms with Crippen LogP contribution in [0.1, 0.15) is 48.1 Å². The zero-order valence-corrected chi connectivity index (χ0v) is 12.2. The highest BCUT2D eigenvalue weighted by molar-refractivity contribution is 5.40. The summed E-state index contributed by atoms with van der Waals surface area (Å²) in [5.41, 5.74) is 11.9. The van der Waals surface area contributed by atoms with E-state index in [4.69, 9.17) is 5.73 Å². The maximum atomic E-state index is 6.28. The number of nitrogens with zero attached hydrogens (tertiary/aromatic N) is 1. The summed E-state index contributed by atoms with van der Waals surface area (Å²) in [4.78, 5) is 2.56. The molecule has 1 aliphatic rings. The lowest BCUT2D eigenvalue weighted by atomic mass is 9.90. The Hall–Kier alpha value is -0.860. The molecule has 0 aliphatic carbocycles. The molecule has 18 heavy (non-hydrogen) atoms. The van der Waals surface area contributed by atoms with E-state index in [2.05, 4.69) is 44.7 Å². The maximum Gasteiger partial charge on any atom is 0.0501 e. The summed E-state index contributed by atoms with van der Waals surface area (Å²) in [6, 6.07) is 5.14. The molecule has 2 nitrogen and oxygen atoms in total. The van der Waals surface area contributed by atoms with E-state index in [1.807, 2.05) is 0 Å². The van der Waals surface area contributed by atoms with Gasteiger partial charge in [-0.15, -0.1) is 0 Å². The number of hydrogen-bond donors (Lipinski definition) is 1. The van der Waals surface area contributed by atoms with Gasteiger partial charge in [-0.2, -0.15) is 0 Å². The second kappa shape index (κ2) is 5.41. The first-order chi connectivity index (χ1) is 8.50. The number of hydrogen-bond acceptors (Lipinski definition) is 2. The second-order valence-electron chi connectivity index (χ2n) is 5.86. The molecule has 1 aliphatic heterocycles. The van der Waals surface area contributed by atoms with E-state index in [9.17, 15) is 0 Å². The second-order valence-corrected chi connectivity index (χ2v) is 5.86. The van der Waals surface area contributed by atoms with Gasteiger partial charge in [0, 0.05) is 6.04 Å². The van der Waals surface area contributed by atoms with E-state index in [0.29, 0.717) is 6.04 Å². The Kier molecular flexibility index (Phi) is 4.08. The maximum absolute atomic E-state index is 6.28. The number of rotatable bonds is 3. The molecule has 1 heterocycles. The van der Waals surface area contributed by atoms with E-state index < -0.39 is 0 Å². The van der Waals surface area contributed by atoms with E-state index in [1.165, 1.54) is 48.2 Å². The summed E-state index contributed by atoms with van der Waals surface area (Å²) in [5, 5.41) is 0. The van der Waals surface area contributed by atoms with Gasteiger partial charge in [0.15, 0.2) is 0 Å². The van der Waals surface area contributed by atoms with Crippen molar-refractivity contribution in [1.82, 2.24) is 4.90 Å². The molecule has 0 bridgehead atoms. The quantitative estimate of drug-likeness (QED) is 0.888. The highest BCUT2D eigenvalue weighted by Gasteiger charge is 2.28. The van der Waals surface area contributed by atoms with Crippen molar-refractivity contribution in [2.24, 2.45) is 5.73 Å². The van der Waals surface area contributed by atoms with E-state index >= 15 is 0 Å². The molecule has 1 aromatic carbocycles. The third-order valence-electron chi connectivity index (χ3n) is 4.07. The Balaban J connectivity index is 2.42. The lowest BCUT2D eigenvalue weighted by Crippen LogP contribution is -2.38. The number of aryl methyl sites for hydroxylation is 3. The Bertz CT molecular complexity index is 394. The molecule has 1 saturated heterocycles. The van der Waals surface area contributed by atoms with Crippen LogP contribution in [0.25, 0.3) is 0 Å². The summed E-state index contributed by atoms with van der Waals surface area (Å²) in [7, 11) is 0. The molecule has 0 aromatic heterocycles. The van der Waals surface area contributed by atoms with Gasteiger partial charge in [-0.1, -0.05) is 17.7 Å². The molecule has 100 valence electrons. The van der Waals surface area contributed by atoms with Crippen molar-refractivity contribution in [3.05, 3.63) is 34.4 Å². The SMILES string of the molecule is Cc1cc(C)c(C(C(C)N)N2CCCC2)c(C)c1. The van der Waals surface area contributed by atoms with Gasteiger partial charge in [0.25, 0.3) is 0 Å². The van der Waals surface area contributed by atoms with Gasteiger partial charge in [0.1, 0.15) is 0 Å². The number of benzene rings is 1. The zero-order chi connectivity index (χ0) is 13.3. The van der Waals surface area contributed by atoms with Crippen LogP contribution in [0.2, 0.25) is 0 Å². The van der Waals surface area contributed by atoms with Crippen molar-refractivity contribution < 1.29 is 0 Å². The predicted molar refractivity (Wildman–Crippen MR) is 77.9 cm³/mol. The highest BCUT2D eigenvalue weighted by atomic mass is 15.2. The minimum atomic E-state index is 0.184. The van der Waals surface area contributed by atoms with Crippen LogP contribution >= 0.6 is 0 Å². The molecule has 0 radical (unpaired) electrons. The van der Waals surface area contributed by atoms with Crippen LogP contribution in [0, 0.1) is 20.8 Å². The smallest absolute Gasteiger partial charge is 0.0501 e. The molecule has 2 unspecified atom stereocenters. The number of likely N-dealkylation sites (tertiary alicyclic amines) is 1. The van der Waals surface area contributed by atoms with Crippen molar-refractivity contribution in [2.45, 2.75) is 52.6 Å². The average Bonchev–Trinajstić information content (AvgIpc) is 2.75. The first-order valence-corrected chi connectivity index (χ1v) is 7.08. The van der Waals surface area contributed by atoms with Gasteiger partial charge in [-0.05, 0) is 70.3 Å². The van der Waals surface area contributed by atoms with Gasteiger partial charge in [0.2, 0.25) is 0 Å². The monoisotopic (exact) mass is 246 g/mol. The third kappa shape index (κ3) is 2.60. The van der Waals surface area contributed by atoms with Crippen LogP contribution in [-0.2, 0) is 0 Å². The van der Waals surface area contributed by atoms with Gasteiger partial charge in [-0.3, -0.25) is 4.90 Å². The standard InChI is InChI=1S/C16H26N2/c1-11-9-12(2)15(13(3)10-11)16(14(4)17)18-7-5-6-8-18/h9-10,14,16H,5-8,17H2,1-4H3. The minimum absolute atomic E-state index is 0.184. The predicted octanol–water partition coefficient (Wildman–Crippen LogP) is 3.10. The van der Waals surface area contributed by atoms with Crippen LogP contribution in [0.5, 0.6) is 0 Å². The summed E-state index contributed by atoms with van der Waals surface area (Å²) in [6.45, 7) is 11.1. The molecule has 0 amide bonds. The van der Waals surface area contributed by atoms with Crippen molar-refractivity contribution in [1.29, 1.82) is 0 Å². The van der Waals surface area contributed by atoms with E-state index in [-0.39, 0.29) is 6.04 Å².